The number of Topliss-reactive ketones (excluding diaryl/α,β-unsaturated/α-hetero) is 1. The molecule has 0 saturated heterocycles. The molecule has 2 atom stereocenters. The zero-order valence-corrected chi connectivity index (χ0v) is 11.0. The number of rotatable bonds is 2. The first kappa shape index (κ1) is 11.8. The highest BCUT2D eigenvalue weighted by molar-refractivity contribution is 9.10. The van der Waals surface area contributed by atoms with Gasteiger partial charge in [0.25, 0.3) is 0 Å². The summed E-state index contributed by atoms with van der Waals surface area (Å²) in [6, 6.07) is 8.02. The molecule has 2 nitrogen and oxygen atoms in total. The lowest BCUT2D eigenvalue weighted by molar-refractivity contribution is -0.125. The molecule has 2 rings (SSSR count). The van der Waals surface area contributed by atoms with Crippen LogP contribution in [0, 0.1) is 5.41 Å². The second kappa shape index (κ2) is 4.30. The zero-order valence-electron chi connectivity index (χ0n) is 9.37. The highest BCUT2D eigenvalue weighted by atomic mass is 79.9. The van der Waals surface area contributed by atoms with Gasteiger partial charge in [-0.1, -0.05) is 41.1 Å². The van der Waals surface area contributed by atoms with Crippen molar-refractivity contribution in [1.82, 2.24) is 0 Å². The van der Waals surface area contributed by atoms with Crippen LogP contribution in [0.25, 0.3) is 0 Å². The summed E-state index contributed by atoms with van der Waals surface area (Å²) in [5.74, 6) is 0.302. The molecule has 0 unspecified atom stereocenters. The summed E-state index contributed by atoms with van der Waals surface area (Å²) < 4.78 is 1.06. The van der Waals surface area contributed by atoms with Crippen molar-refractivity contribution in [2.45, 2.75) is 32.2 Å². The van der Waals surface area contributed by atoms with E-state index in [9.17, 15) is 4.79 Å². The van der Waals surface area contributed by atoms with Crippen molar-refractivity contribution in [1.29, 1.82) is 0 Å². The van der Waals surface area contributed by atoms with E-state index < -0.39 is 0 Å². The third kappa shape index (κ3) is 1.94. The lowest BCUT2D eigenvalue weighted by atomic mass is 9.78. The minimum atomic E-state index is -0.385. The van der Waals surface area contributed by atoms with Crippen LogP contribution in [-0.4, -0.2) is 11.8 Å². The number of carbonyl (C=O) groups excluding carboxylic acids is 1. The van der Waals surface area contributed by atoms with Gasteiger partial charge in [0.2, 0.25) is 0 Å². The van der Waals surface area contributed by atoms with Crippen LogP contribution in [0.3, 0.4) is 0 Å². The predicted molar refractivity (Wildman–Crippen MR) is 68.2 cm³/mol. The second-order valence-electron chi connectivity index (χ2n) is 4.75. The summed E-state index contributed by atoms with van der Waals surface area (Å²) in [6.07, 6.45) is 2.18. The van der Waals surface area contributed by atoms with E-state index in [1.165, 1.54) is 0 Å². The third-order valence-corrected chi connectivity index (χ3v) is 4.43. The molecule has 0 radical (unpaired) electrons. The standard InChI is InChI=1S/C13H16BrNO/c1-13(11(15)6-7-12(13)16)8-9-4-2-3-5-10(9)14/h2-5,11H,6-8,15H2,1H3/t11-,13-/m1/s1. The molecule has 1 aromatic carbocycles. The van der Waals surface area contributed by atoms with E-state index in [-0.39, 0.29) is 11.5 Å². The Morgan fingerprint density at radius 3 is 2.75 bits per heavy atom. The fraction of sp³-hybridized carbons (Fsp3) is 0.462. The molecule has 1 aliphatic rings. The van der Waals surface area contributed by atoms with Crippen molar-refractivity contribution >= 4 is 21.7 Å². The Balaban J connectivity index is 2.27. The monoisotopic (exact) mass is 281 g/mol. The molecule has 0 bridgehead atoms. The molecule has 1 saturated carbocycles. The smallest absolute Gasteiger partial charge is 0.140 e. The van der Waals surface area contributed by atoms with Gasteiger partial charge in [-0.2, -0.15) is 0 Å². The number of hydrogen-bond donors (Lipinski definition) is 1. The van der Waals surface area contributed by atoms with Crippen LogP contribution in [0.5, 0.6) is 0 Å². The van der Waals surface area contributed by atoms with Gasteiger partial charge in [0.1, 0.15) is 5.78 Å². The average Bonchev–Trinajstić information content (AvgIpc) is 2.50. The topological polar surface area (TPSA) is 43.1 Å². The van der Waals surface area contributed by atoms with Crippen LogP contribution >= 0.6 is 15.9 Å². The van der Waals surface area contributed by atoms with E-state index in [0.29, 0.717) is 12.2 Å². The van der Waals surface area contributed by atoms with E-state index >= 15 is 0 Å². The second-order valence-corrected chi connectivity index (χ2v) is 5.61. The molecular weight excluding hydrogens is 266 g/mol. The molecule has 0 amide bonds. The zero-order chi connectivity index (χ0) is 11.8. The van der Waals surface area contributed by atoms with Gasteiger partial charge in [-0.25, -0.2) is 0 Å². The Bertz CT molecular complexity index is 418. The molecule has 16 heavy (non-hydrogen) atoms. The van der Waals surface area contributed by atoms with Crippen LogP contribution in [0.1, 0.15) is 25.3 Å². The largest absolute Gasteiger partial charge is 0.327 e. The van der Waals surface area contributed by atoms with Crippen molar-refractivity contribution in [3.63, 3.8) is 0 Å². The molecule has 2 N–H and O–H groups in total. The molecule has 86 valence electrons. The molecule has 0 spiro atoms. The molecular formula is C13H16BrNO. The summed E-state index contributed by atoms with van der Waals surface area (Å²) in [6.45, 7) is 1.99. The van der Waals surface area contributed by atoms with Crippen molar-refractivity contribution in [2.75, 3.05) is 0 Å². The van der Waals surface area contributed by atoms with Gasteiger partial charge in [-0.3, -0.25) is 4.79 Å². The molecule has 1 aromatic rings. The Morgan fingerprint density at radius 2 is 2.19 bits per heavy atom. The van der Waals surface area contributed by atoms with Crippen molar-refractivity contribution in [3.8, 4) is 0 Å². The fourth-order valence-corrected chi connectivity index (χ4v) is 2.79. The Morgan fingerprint density at radius 1 is 1.50 bits per heavy atom. The van der Waals surface area contributed by atoms with Crippen LogP contribution < -0.4 is 5.73 Å². The number of nitrogens with two attached hydrogens (primary N) is 1. The molecule has 0 heterocycles. The molecule has 1 fully saturated rings. The van der Waals surface area contributed by atoms with E-state index in [0.717, 1.165) is 22.9 Å². The van der Waals surface area contributed by atoms with Gasteiger partial charge in [0.05, 0.1) is 0 Å². The van der Waals surface area contributed by atoms with E-state index in [1.807, 2.05) is 31.2 Å². The number of hydrogen-bond acceptors (Lipinski definition) is 2. The maximum atomic E-state index is 11.9. The lowest BCUT2D eigenvalue weighted by Gasteiger charge is -2.27. The highest BCUT2D eigenvalue weighted by Crippen LogP contribution is 2.37. The Kier molecular flexibility index (Phi) is 3.17. The molecule has 1 aliphatic carbocycles. The van der Waals surface area contributed by atoms with Gasteiger partial charge in [-0.15, -0.1) is 0 Å². The third-order valence-electron chi connectivity index (χ3n) is 3.65. The van der Waals surface area contributed by atoms with Gasteiger partial charge in [0.15, 0.2) is 0 Å². The fourth-order valence-electron chi connectivity index (χ4n) is 2.36. The van der Waals surface area contributed by atoms with Gasteiger partial charge < -0.3 is 5.73 Å². The maximum Gasteiger partial charge on any atom is 0.140 e. The van der Waals surface area contributed by atoms with Gasteiger partial charge >= 0.3 is 0 Å². The van der Waals surface area contributed by atoms with E-state index in [4.69, 9.17) is 5.73 Å². The van der Waals surface area contributed by atoms with Gasteiger partial charge in [-0.05, 0) is 24.5 Å². The van der Waals surface area contributed by atoms with E-state index in [1.54, 1.807) is 0 Å². The number of carbonyl (C=O) groups is 1. The summed E-state index contributed by atoms with van der Waals surface area (Å²) in [4.78, 5) is 11.9. The summed E-state index contributed by atoms with van der Waals surface area (Å²) in [5, 5.41) is 0. The van der Waals surface area contributed by atoms with Crippen LogP contribution in [0.2, 0.25) is 0 Å². The van der Waals surface area contributed by atoms with Crippen LogP contribution in [-0.2, 0) is 11.2 Å². The lowest BCUT2D eigenvalue weighted by Crippen LogP contribution is -2.40. The maximum absolute atomic E-state index is 11.9. The summed E-state index contributed by atoms with van der Waals surface area (Å²) in [5.41, 5.74) is 6.84. The van der Waals surface area contributed by atoms with Gasteiger partial charge in [0, 0.05) is 22.4 Å². The number of ketones is 1. The number of benzene rings is 1. The Labute approximate surface area is 104 Å². The van der Waals surface area contributed by atoms with Crippen molar-refractivity contribution in [3.05, 3.63) is 34.3 Å². The molecule has 0 aliphatic heterocycles. The van der Waals surface area contributed by atoms with E-state index in [2.05, 4.69) is 15.9 Å². The predicted octanol–water partition coefficient (Wildman–Crippen LogP) is 2.69. The highest BCUT2D eigenvalue weighted by Gasteiger charge is 2.44. The quantitative estimate of drug-likeness (QED) is 0.906. The Hall–Kier alpha value is -0.670. The minimum Gasteiger partial charge on any atom is -0.327 e. The van der Waals surface area contributed by atoms with Crippen molar-refractivity contribution < 1.29 is 4.79 Å². The SMILES string of the molecule is C[C@]1(Cc2ccccc2Br)C(=O)CC[C@H]1N. The van der Waals surface area contributed by atoms with Crippen LogP contribution in [0.4, 0.5) is 0 Å². The van der Waals surface area contributed by atoms with Crippen molar-refractivity contribution in [2.24, 2.45) is 11.1 Å². The summed E-state index contributed by atoms with van der Waals surface area (Å²) >= 11 is 3.52. The first-order valence-corrected chi connectivity index (χ1v) is 6.35. The molecule has 0 aromatic heterocycles. The minimum absolute atomic E-state index is 0.00731. The molecule has 3 heteroatoms. The first-order valence-electron chi connectivity index (χ1n) is 5.56. The normalized spacial score (nSPS) is 29.7. The van der Waals surface area contributed by atoms with Crippen LogP contribution in [0.15, 0.2) is 28.7 Å². The summed E-state index contributed by atoms with van der Waals surface area (Å²) in [7, 11) is 0. The average molecular weight is 282 g/mol. The first-order chi connectivity index (χ1) is 7.54. The number of halogens is 1.